The molecule has 1 aromatic heterocycles. The van der Waals surface area contributed by atoms with Crippen molar-refractivity contribution in [1.29, 1.82) is 0 Å². The number of nitrogens with zero attached hydrogens (tertiary/aromatic N) is 2. The highest BCUT2D eigenvalue weighted by atomic mass is 35.5. The van der Waals surface area contributed by atoms with Crippen LogP contribution in [0.1, 0.15) is 6.92 Å². The van der Waals surface area contributed by atoms with Crippen molar-refractivity contribution in [2.75, 3.05) is 31.0 Å². The zero-order chi connectivity index (χ0) is 11.8. The quantitative estimate of drug-likeness (QED) is 0.574. The van der Waals surface area contributed by atoms with Gasteiger partial charge < -0.3 is 14.6 Å². The summed E-state index contributed by atoms with van der Waals surface area (Å²) in [5.74, 6) is 0.838. The van der Waals surface area contributed by atoms with E-state index in [2.05, 4.69) is 10.3 Å². The number of nitrogens with one attached hydrogen (secondary N) is 1. The standard InChI is InChI=1S/C10H16ClN3O2/c1-2-14-6-4-12-9(10(14)15)13-5-8-16-7-3-11/h4,6H,2-3,5,7-8H2,1H3,(H,12,13). The van der Waals surface area contributed by atoms with Crippen LogP contribution >= 0.6 is 11.6 Å². The number of ether oxygens (including phenoxy) is 1. The molecule has 16 heavy (non-hydrogen) atoms. The van der Waals surface area contributed by atoms with Crippen molar-refractivity contribution >= 4 is 17.4 Å². The van der Waals surface area contributed by atoms with Gasteiger partial charge in [0.05, 0.1) is 13.2 Å². The van der Waals surface area contributed by atoms with E-state index >= 15 is 0 Å². The number of aryl methyl sites for hydroxylation is 1. The van der Waals surface area contributed by atoms with Gasteiger partial charge in [0.25, 0.3) is 5.56 Å². The van der Waals surface area contributed by atoms with Gasteiger partial charge >= 0.3 is 0 Å². The molecule has 1 rings (SSSR count). The number of alkyl halides is 1. The Hall–Kier alpha value is -1.07. The average molecular weight is 246 g/mol. The Kier molecular flexibility index (Phi) is 5.88. The number of aromatic nitrogens is 2. The molecule has 0 aromatic carbocycles. The third-order valence-corrected chi connectivity index (χ3v) is 2.17. The Balaban J connectivity index is 2.45. The van der Waals surface area contributed by atoms with E-state index in [-0.39, 0.29) is 5.56 Å². The minimum absolute atomic E-state index is 0.109. The fourth-order valence-electron chi connectivity index (χ4n) is 1.22. The molecule has 0 fully saturated rings. The molecule has 0 atom stereocenters. The van der Waals surface area contributed by atoms with E-state index in [0.717, 1.165) is 0 Å². The molecule has 90 valence electrons. The van der Waals surface area contributed by atoms with Crippen molar-refractivity contribution in [3.05, 3.63) is 22.7 Å². The molecule has 6 heteroatoms. The Labute approximate surface area is 99.4 Å². The SMILES string of the molecule is CCn1ccnc(NCCOCCCl)c1=O. The molecule has 0 amide bonds. The first-order valence-corrected chi connectivity index (χ1v) is 5.76. The van der Waals surface area contributed by atoms with Crippen LogP contribution in [0.2, 0.25) is 0 Å². The predicted molar refractivity (Wildman–Crippen MR) is 64.2 cm³/mol. The van der Waals surface area contributed by atoms with E-state index in [1.807, 2.05) is 6.92 Å². The Morgan fingerprint density at radius 1 is 1.56 bits per heavy atom. The maximum absolute atomic E-state index is 11.7. The summed E-state index contributed by atoms with van der Waals surface area (Å²) < 4.78 is 6.76. The van der Waals surface area contributed by atoms with Gasteiger partial charge in [-0.15, -0.1) is 11.6 Å². The maximum atomic E-state index is 11.7. The molecule has 0 bridgehead atoms. The van der Waals surface area contributed by atoms with Crippen LogP contribution < -0.4 is 10.9 Å². The molecule has 1 N–H and O–H groups in total. The molecular formula is C10H16ClN3O2. The molecule has 0 spiro atoms. The molecule has 0 unspecified atom stereocenters. The lowest BCUT2D eigenvalue weighted by molar-refractivity contribution is 0.160. The van der Waals surface area contributed by atoms with E-state index in [9.17, 15) is 4.79 Å². The molecule has 1 aromatic rings. The maximum Gasteiger partial charge on any atom is 0.293 e. The zero-order valence-electron chi connectivity index (χ0n) is 9.28. The van der Waals surface area contributed by atoms with Gasteiger partial charge in [0, 0.05) is 31.4 Å². The van der Waals surface area contributed by atoms with E-state index in [0.29, 0.717) is 38.0 Å². The van der Waals surface area contributed by atoms with E-state index in [1.54, 1.807) is 17.0 Å². The number of anilines is 1. The second kappa shape index (κ2) is 7.24. The summed E-state index contributed by atoms with van der Waals surface area (Å²) in [6.07, 6.45) is 3.27. The van der Waals surface area contributed by atoms with E-state index in [4.69, 9.17) is 16.3 Å². The Bertz CT molecular complexity index is 367. The van der Waals surface area contributed by atoms with Crippen molar-refractivity contribution in [3.63, 3.8) is 0 Å². The van der Waals surface area contributed by atoms with Crippen molar-refractivity contribution in [1.82, 2.24) is 9.55 Å². The van der Waals surface area contributed by atoms with Gasteiger partial charge in [-0.2, -0.15) is 0 Å². The first-order chi connectivity index (χ1) is 7.79. The smallest absolute Gasteiger partial charge is 0.293 e. The summed E-state index contributed by atoms with van der Waals surface area (Å²) in [6.45, 7) is 4.12. The van der Waals surface area contributed by atoms with Crippen molar-refractivity contribution < 1.29 is 4.74 Å². The van der Waals surface area contributed by atoms with Gasteiger partial charge in [0.2, 0.25) is 0 Å². The van der Waals surface area contributed by atoms with Crippen LogP contribution in [0, 0.1) is 0 Å². The van der Waals surface area contributed by atoms with Crippen LogP contribution in [0.25, 0.3) is 0 Å². The summed E-state index contributed by atoms with van der Waals surface area (Å²) in [4.78, 5) is 15.7. The summed E-state index contributed by atoms with van der Waals surface area (Å²) in [7, 11) is 0. The van der Waals surface area contributed by atoms with Gasteiger partial charge in [-0.05, 0) is 6.92 Å². The van der Waals surface area contributed by atoms with Gasteiger partial charge in [-0.1, -0.05) is 0 Å². The third kappa shape index (κ3) is 3.83. The van der Waals surface area contributed by atoms with Crippen molar-refractivity contribution in [2.45, 2.75) is 13.5 Å². The summed E-state index contributed by atoms with van der Waals surface area (Å²) >= 11 is 5.45. The van der Waals surface area contributed by atoms with Crippen molar-refractivity contribution in [3.8, 4) is 0 Å². The topological polar surface area (TPSA) is 56.1 Å². The highest BCUT2D eigenvalue weighted by Gasteiger charge is 2.01. The number of hydrogen-bond acceptors (Lipinski definition) is 4. The average Bonchev–Trinajstić information content (AvgIpc) is 2.31. The summed E-state index contributed by atoms with van der Waals surface area (Å²) in [5, 5.41) is 2.93. The van der Waals surface area contributed by atoms with Crippen LogP contribution in [-0.2, 0) is 11.3 Å². The zero-order valence-corrected chi connectivity index (χ0v) is 10.0. The lowest BCUT2D eigenvalue weighted by Gasteiger charge is -2.07. The predicted octanol–water partition coefficient (Wildman–Crippen LogP) is 0.930. The van der Waals surface area contributed by atoms with Gasteiger partial charge in [-0.25, -0.2) is 4.98 Å². The van der Waals surface area contributed by atoms with Crippen LogP contribution in [0.4, 0.5) is 5.82 Å². The Morgan fingerprint density at radius 2 is 2.38 bits per heavy atom. The summed E-state index contributed by atoms with van der Waals surface area (Å²) in [6, 6.07) is 0. The lowest BCUT2D eigenvalue weighted by atomic mass is 10.5. The minimum atomic E-state index is -0.109. The molecule has 0 aliphatic carbocycles. The monoisotopic (exact) mass is 245 g/mol. The second-order valence-electron chi connectivity index (χ2n) is 3.10. The first-order valence-electron chi connectivity index (χ1n) is 5.22. The van der Waals surface area contributed by atoms with E-state index < -0.39 is 0 Å². The molecule has 0 aliphatic rings. The van der Waals surface area contributed by atoms with Crippen LogP contribution in [0.15, 0.2) is 17.2 Å². The third-order valence-electron chi connectivity index (χ3n) is 2.01. The van der Waals surface area contributed by atoms with Crippen molar-refractivity contribution in [2.24, 2.45) is 0 Å². The second-order valence-corrected chi connectivity index (χ2v) is 3.47. The van der Waals surface area contributed by atoms with Crippen LogP contribution in [0.3, 0.4) is 0 Å². The number of hydrogen-bond donors (Lipinski definition) is 1. The number of halogens is 1. The van der Waals surface area contributed by atoms with Gasteiger partial charge in [0.15, 0.2) is 5.82 Å². The van der Waals surface area contributed by atoms with E-state index in [1.165, 1.54) is 0 Å². The molecule has 5 nitrogen and oxygen atoms in total. The van der Waals surface area contributed by atoms with Gasteiger partial charge in [0.1, 0.15) is 0 Å². The normalized spacial score (nSPS) is 10.4. The van der Waals surface area contributed by atoms with Crippen LogP contribution in [-0.4, -0.2) is 35.2 Å². The van der Waals surface area contributed by atoms with Gasteiger partial charge in [-0.3, -0.25) is 4.79 Å². The minimum Gasteiger partial charge on any atom is -0.378 e. The highest BCUT2D eigenvalue weighted by molar-refractivity contribution is 6.17. The molecule has 0 radical (unpaired) electrons. The highest BCUT2D eigenvalue weighted by Crippen LogP contribution is 1.92. The lowest BCUT2D eigenvalue weighted by Crippen LogP contribution is -2.25. The fraction of sp³-hybridized carbons (Fsp3) is 0.600. The first kappa shape index (κ1) is 13.0. The largest absolute Gasteiger partial charge is 0.378 e. The Morgan fingerprint density at radius 3 is 3.06 bits per heavy atom. The molecule has 0 saturated carbocycles. The molecule has 1 heterocycles. The molecule has 0 saturated heterocycles. The molecular weight excluding hydrogens is 230 g/mol. The fourth-order valence-corrected chi connectivity index (χ4v) is 1.32. The summed E-state index contributed by atoms with van der Waals surface area (Å²) in [5.41, 5.74) is -0.109. The molecule has 0 aliphatic heterocycles. The van der Waals surface area contributed by atoms with Crippen LogP contribution in [0.5, 0.6) is 0 Å². The number of rotatable bonds is 7.